The largest absolute Gasteiger partial charge is 0.326 e. The smallest absolute Gasteiger partial charge is 0.223 e. The Balaban J connectivity index is 2.32. The fraction of sp³-hybridized carbons (Fsp3) is 0.417. The van der Waals surface area contributed by atoms with Crippen LogP contribution in [-0.2, 0) is 4.79 Å². The number of nitrogens with zero attached hydrogens (tertiary/aromatic N) is 1. The second-order valence-corrected chi connectivity index (χ2v) is 5.78. The molecule has 0 spiro atoms. The number of carbonyl (C=O) groups excluding carboxylic acids is 1. The molecule has 0 unspecified atom stereocenters. The molecule has 0 bridgehead atoms. The highest BCUT2D eigenvalue weighted by atomic mass is 35.5. The van der Waals surface area contributed by atoms with Crippen molar-refractivity contribution in [1.82, 2.24) is 4.90 Å². The van der Waals surface area contributed by atoms with Crippen LogP contribution in [0.25, 0.3) is 0 Å². The van der Waals surface area contributed by atoms with E-state index >= 15 is 0 Å². The first-order valence-corrected chi connectivity index (χ1v) is 7.30. The number of halogens is 2. The molecule has 1 amide bonds. The Labute approximate surface area is 115 Å². The second kappa shape index (κ2) is 5.51. The van der Waals surface area contributed by atoms with Crippen molar-refractivity contribution < 1.29 is 4.79 Å². The third-order valence-corrected chi connectivity index (χ3v) is 4.84. The maximum absolute atomic E-state index is 11.8. The van der Waals surface area contributed by atoms with Gasteiger partial charge in [0.2, 0.25) is 5.91 Å². The van der Waals surface area contributed by atoms with Crippen molar-refractivity contribution in [2.45, 2.75) is 18.7 Å². The van der Waals surface area contributed by atoms with Crippen molar-refractivity contribution in [3.05, 3.63) is 33.8 Å². The highest BCUT2D eigenvalue weighted by molar-refractivity contribution is 7.99. The zero-order valence-corrected chi connectivity index (χ0v) is 11.8. The predicted molar refractivity (Wildman–Crippen MR) is 73.7 cm³/mol. The summed E-state index contributed by atoms with van der Waals surface area (Å²) in [5.41, 5.74) is 0.934. The molecule has 5 heteroatoms. The fourth-order valence-corrected chi connectivity index (χ4v) is 3.68. The molecule has 0 saturated carbocycles. The van der Waals surface area contributed by atoms with Gasteiger partial charge in [0.1, 0.15) is 5.37 Å². The van der Waals surface area contributed by atoms with Gasteiger partial charge in [-0.05, 0) is 6.07 Å². The van der Waals surface area contributed by atoms with Crippen LogP contribution in [0.3, 0.4) is 0 Å². The number of hydrogen-bond acceptors (Lipinski definition) is 2. The summed E-state index contributed by atoms with van der Waals surface area (Å²) < 4.78 is 0. The minimum absolute atomic E-state index is 0.00801. The van der Waals surface area contributed by atoms with Crippen molar-refractivity contribution in [1.29, 1.82) is 0 Å². The predicted octanol–water partition coefficient (Wildman–Crippen LogP) is 3.98. The van der Waals surface area contributed by atoms with E-state index in [4.69, 9.17) is 23.2 Å². The third kappa shape index (κ3) is 2.56. The van der Waals surface area contributed by atoms with Crippen molar-refractivity contribution >= 4 is 40.9 Å². The summed E-state index contributed by atoms with van der Waals surface area (Å²) in [5, 5.41) is 1.11. The molecule has 17 heavy (non-hydrogen) atoms. The lowest BCUT2D eigenvalue weighted by Gasteiger charge is -2.24. The van der Waals surface area contributed by atoms with Crippen LogP contribution in [0.2, 0.25) is 10.0 Å². The number of rotatable bonds is 2. The first-order chi connectivity index (χ1) is 8.15. The molecule has 0 radical (unpaired) electrons. The molecule has 0 aliphatic carbocycles. The Morgan fingerprint density at radius 1 is 1.53 bits per heavy atom. The van der Waals surface area contributed by atoms with Crippen molar-refractivity contribution in [3.63, 3.8) is 0 Å². The van der Waals surface area contributed by atoms with Crippen LogP contribution in [-0.4, -0.2) is 23.1 Å². The van der Waals surface area contributed by atoms with E-state index in [2.05, 4.69) is 0 Å². The lowest BCUT2D eigenvalue weighted by Crippen LogP contribution is -2.29. The normalized spacial score (nSPS) is 19.7. The van der Waals surface area contributed by atoms with E-state index in [9.17, 15) is 4.79 Å². The highest BCUT2D eigenvalue weighted by Gasteiger charge is 2.31. The molecule has 92 valence electrons. The van der Waals surface area contributed by atoms with E-state index in [1.807, 2.05) is 24.0 Å². The molecule has 2 rings (SSSR count). The number of benzene rings is 1. The van der Waals surface area contributed by atoms with Gasteiger partial charge >= 0.3 is 0 Å². The first-order valence-electron chi connectivity index (χ1n) is 5.50. The van der Waals surface area contributed by atoms with Gasteiger partial charge in [0.15, 0.2) is 0 Å². The van der Waals surface area contributed by atoms with E-state index in [1.54, 1.807) is 17.8 Å². The van der Waals surface area contributed by atoms with Crippen LogP contribution in [0.15, 0.2) is 18.2 Å². The number of hydrogen-bond donors (Lipinski definition) is 0. The lowest BCUT2D eigenvalue weighted by atomic mass is 10.2. The van der Waals surface area contributed by atoms with Gasteiger partial charge in [-0.15, -0.1) is 11.8 Å². The minimum Gasteiger partial charge on any atom is -0.326 e. The van der Waals surface area contributed by atoms with Gasteiger partial charge in [-0.3, -0.25) is 4.79 Å². The van der Waals surface area contributed by atoms with Crippen LogP contribution < -0.4 is 0 Å². The van der Waals surface area contributed by atoms with Crippen LogP contribution in [0.1, 0.15) is 24.3 Å². The van der Waals surface area contributed by atoms with E-state index in [1.165, 1.54) is 0 Å². The minimum atomic E-state index is 0.00801. The Kier molecular flexibility index (Phi) is 4.23. The standard InChI is InChI=1S/C12H13Cl2NOS/c1-2-10(16)15-6-7-17-12(15)8-4-3-5-9(13)11(8)14/h3-5,12H,2,6-7H2,1H3/t12-/m1/s1. The van der Waals surface area contributed by atoms with Gasteiger partial charge in [0.25, 0.3) is 0 Å². The maximum Gasteiger partial charge on any atom is 0.223 e. The van der Waals surface area contributed by atoms with Crippen LogP contribution >= 0.6 is 35.0 Å². The van der Waals surface area contributed by atoms with Gasteiger partial charge in [-0.25, -0.2) is 0 Å². The molecule has 1 fully saturated rings. The summed E-state index contributed by atoms with van der Waals surface area (Å²) in [6.07, 6.45) is 0.523. The van der Waals surface area contributed by atoms with Crippen molar-refractivity contribution in [2.24, 2.45) is 0 Å². The fourth-order valence-electron chi connectivity index (χ4n) is 1.90. The Morgan fingerprint density at radius 3 is 3.00 bits per heavy atom. The zero-order valence-electron chi connectivity index (χ0n) is 9.45. The maximum atomic E-state index is 11.8. The van der Waals surface area contributed by atoms with E-state index < -0.39 is 0 Å². The van der Waals surface area contributed by atoms with E-state index in [0.29, 0.717) is 16.5 Å². The Morgan fingerprint density at radius 2 is 2.29 bits per heavy atom. The van der Waals surface area contributed by atoms with Crippen molar-refractivity contribution in [2.75, 3.05) is 12.3 Å². The lowest BCUT2D eigenvalue weighted by molar-refractivity contribution is -0.130. The monoisotopic (exact) mass is 289 g/mol. The average Bonchev–Trinajstić information content (AvgIpc) is 2.80. The number of carbonyl (C=O) groups is 1. The molecule has 0 N–H and O–H groups in total. The first kappa shape index (κ1) is 13.1. The van der Waals surface area contributed by atoms with Gasteiger partial charge in [-0.2, -0.15) is 0 Å². The van der Waals surface area contributed by atoms with Crippen LogP contribution in [0.5, 0.6) is 0 Å². The quantitative estimate of drug-likeness (QED) is 0.821. The Bertz CT molecular complexity index is 439. The van der Waals surface area contributed by atoms with E-state index in [-0.39, 0.29) is 11.3 Å². The number of thioether (sulfide) groups is 1. The van der Waals surface area contributed by atoms with Crippen LogP contribution in [0.4, 0.5) is 0 Å². The molecule has 1 heterocycles. The van der Waals surface area contributed by atoms with Gasteiger partial charge in [0.05, 0.1) is 10.0 Å². The third-order valence-electron chi connectivity index (χ3n) is 2.76. The summed E-state index contributed by atoms with van der Waals surface area (Å²) >= 11 is 13.9. The molecular formula is C12H13Cl2NOS. The molecule has 1 atom stereocenters. The number of amides is 1. The van der Waals surface area contributed by atoms with Gasteiger partial charge in [-0.1, -0.05) is 42.3 Å². The molecule has 1 saturated heterocycles. The summed E-state index contributed by atoms with van der Waals surface area (Å²) in [6, 6.07) is 5.57. The van der Waals surface area contributed by atoms with Gasteiger partial charge in [0, 0.05) is 24.3 Å². The average molecular weight is 290 g/mol. The molecule has 1 aliphatic heterocycles. The summed E-state index contributed by atoms with van der Waals surface area (Å²) in [6.45, 7) is 2.66. The molecular weight excluding hydrogens is 277 g/mol. The highest BCUT2D eigenvalue weighted by Crippen LogP contribution is 2.42. The topological polar surface area (TPSA) is 20.3 Å². The summed E-state index contributed by atoms with van der Waals surface area (Å²) in [5.74, 6) is 1.11. The molecule has 1 aliphatic rings. The van der Waals surface area contributed by atoms with Gasteiger partial charge < -0.3 is 4.90 Å². The van der Waals surface area contributed by atoms with E-state index in [0.717, 1.165) is 17.9 Å². The summed E-state index contributed by atoms with van der Waals surface area (Å²) in [4.78, 5) is 13.7. The Hall–Kier alpha value is -0.380. The SMILES string of the molecule is CCC(=O)N1CCS[C@@H]1c1cccc(Cl)c1Cl. The van der Waals surface area contributed by atoms with Crippen molar-refractivity contribution in [3.8, 4) is 0 Å². The molecule has 1 aromatic carbocycles. The zero-order chi connectivity index (χ0) is 12.4. The molecule has 0 aromatic heterocycles. The van der Waals surface area contributed by atoms with Crippen LogP contribution in [0, 0.1) is 0 Å². The molecule has 2 nitrogen and oxygen atoms in total. The molecule has 1 aromatic rings. The summed E-state index contributed by atoms with van der Waals surface area (Å²) in [7, 11) is 0. The second-order valence-electron chi connectivity index (χ2n) is 3.81.